The Morgan fingerprint density at radius 1 is 1.19 bits per heavy atom. The Bertz CT molecular complexity index is 312. The molecule has 0 bridgehead atoms. The quantitative estimate of drug-likeness (QED) is 0.839. The lowest BCUT2D eigenvalue weighted by Gasteiger charge is -2.37. The molecular formula is C15H30ClN3O2. The molecule has 1 amide bonds. The Kier molecular flexibility index (Phi) is 7.95. The smallest absolute Gasteiger partial charge is 0.236 e. The molecule has 0 aromatic rings. The normalized spacial score (nSPS) is 28.2. The predicted molar refractivity (Wildman–Crippen MR) is 86.9 cm³/mol. The monoisotopic (exact) mass is 319 g/mol. The van der Waals surface area contributed by atoms with E-state index in [9.17, 15) is 4.79 Å². The Balaban J connectivity index is 0.00000220. The summed E-state index contributed by atoms with van der Waals surface area (Å²) in [7, 11) is 2.01. The number of carbonyl (C=O) groups excluding carboxylic acids is 1. The van der Waals surface area contributed by atoms with Crippen LogP contribution in [0.15, 0.2) is 0 Å². The fourth-order valence-electron chi connectivity index (χ4n) is 3.31. The molecule has 2 unspecified atom stereocenters. The zero-order chi connectivity index (χ0) is 14.5. The largest absolute Gasteiger partial charge is 0.372 e. The Morgan fingerprint density at radius 2 is 1.76 bits per heavy atom. The summed E-state index contributed by atoms with van der Waals surface area (Å²) in [5.74, 6) is 1.04. The molecule has 124 valence electrons. The van der Waals surface area contributed by atoms with Gasteiger partial charge in [-0.15, -0.1) is 12.4 Å². The molecule has 0 aromatic heterocycles. The van der Waals surface area contributed by atoms with E-state index in [-0.39, 0.29) is 30.5 Å². The molecule has 2 rings (SSSR count). The highest BCUT2D eigenvalue weighted by Gasteiger charge is 2.28. The summed E-state index contributed by atoms with van der Waals surface area (Å²) in [6.45, 7) is 9.32. The SMILES string of the molecule is CNCC1CCN(CC(=O)N2CC(C)OC(C)C2)CC1.Cl. The first kappa shape index (κ1) is 18.7. The fourth-order valence-corrected chi connectivity index (χ4v) is 3.31. The van der Waals surface area contributed by atoms with Crippen molar-refractivity contribution >= 4 is 18.3 Å². The van der Waals surface area contributed by atoms with E-state index in [0.29, 0.717) is 6.54 Å². The van der Waals surface area contributed by atoms with Crippen LogP contribution in [0.3, 0.4) is 0 Å². The molecule has 2 saturated heterocycles. The lowest BCUT2D eigenvalue weighted by atomic mass is 9.97. The second-order valence-electron chi connectivity index (χ2n) is 6.33. The van der Waals surface area contributed by atoms with Crippen molar-refractivity contribution in [2.45, 2.75) is 38.9 Å². The van der Waals surface area contributed by atoms with E-state index < -0.39 is 0 Å². The summed E-state index contributed by atoms with van der Waals surface area (Å²) in [5.41, 5.74) is 0. The number of halogens is 1. The van der Waals surface area contributed by atoms with Crippen LogP contribution in [-0.4, -0.2) is 74.2 Å². The third kappa shape index (κ3) is 5.74. The molecule has 2 heterocycles. The van der Waals surface area contributed by atoms with Gasteiger partial charge in [0, 0.05) is 13.1 Å². The van der Waals surface area contributed by atoms with E-state index in [4.69, 9.17) is 4.74 Å². The molecule has 2 fully saturated rings. The van der Waals surface area contributed by atoms with E-state index in [0.717, 1.165) is 38.6 Å². The van der Waals surface area contributed by atoms with Gasteiger partial charge in [0.1, 0.15) is 0 Å². The van der Waals surface area contributed by atoms with Crippen LogP contribution in [-0.2, 0) is 9.53 Å². The first-order valence-corrected chi connectivity index (χ1v) is 7.88. The van der Waals surface area contributed by atoms with Crippen molar-refractivity contribution < 1.29 is 9.53 Å². The molecule has 2 atom stereocenters. The number of amides is 1. The molecule has 2 aliphatic heterocycles. The van der Waals surface area contributed by atoms with Crippen molar-refractivity contribution in [2.75, 3.05) is 46.3 Å². The number of rotatable bonds is 4. The average Bonchev–Trinajstić information content (AvgIpc) is 2.40. The summed E-state index contributed by atoms with van der Waals surface area (Å²) >= 11 is 0. The number of likely N-dealkylation sites (tertiary alicyclic amines) is 1. The highest BCUT2D eigenvalue weighted by atomic mass is 35.5. The van der Waals surface area contributed by atoms with E-state index in [2.05, 4.69) is 10.2 Å². The fraction of sp³-hybridized carbons (Fsp3) is 0.933. The highest BCUT2D eigenvalue weighted by molar-refractivity contribution is 5.85. The van der Waals surface area contributed by atoms with Crippen molar-refractivity contribution in [3.63, 3.8) is 0 Å². The number of nitrogens with zero attached hydrogens (tertiary/aromatic N) is 2. The van der Waals surface area contributed by atoms with E-state index >= 15 is 0 Å². The lowest BCUT2D eigenvalue weighted by molar-refractivity contribution is -0.144. The summed E-state index contributed by atoms with van der Waals surface area (Å²) < 4.78 is 5.68. The molecular weight excluding hydrogens is 290 g/mol. The van der Waals surface area contributed by atoms with Crippen LogP contribution < -0.4 is 5.32 Å². The Morgan fingerprint density at radius 3 is 2.29 bits per heavy atom. The van der Waals surface area contributed by atoms with Crippen molar-refractivity contribution in [2.24, 2.45) is 5.92 Å². The van der Waals surface area contributed by atoms with Gasteiger partial charge in [-0.2, -0.15) is 0 Å². The van der Waals surface area contributed by atoms with Crippen LogP contribution >= 0.6 is 12.4 Å². The second kappa shape index (κ2) is 8.93. The van der Waals surface area contributed by atoms with Gasteiger partial charge in [0.05, 0.1) is 18.8 Å². The van der Waals surface area contributed by atoms with Crippen LogP contribution in [0.2, 0.25) is 0 Å². The maximum atomic E-state index is 12.4. The topological polar surface area (TPSA) is 44.8 Å². The van der Waals surface area contributed by atoms with Crippen LogP contribution in [0, 0.1) is 5.92 Å². The first-order valence-electron chi connectivity index (χ1n) is 7.88. The van der Waals surface area contributed by atoms with Gasteiger partial charge in [0.2, 0.25) is 5.91 Å². The highest BCUT2D eigenvalue weighted by Crippen LogP contribution is 2.17. The summed E-state index contributed by atoms with van der Waals surface area (Å²) in [5, 5.41) is 3.25. The summed E-state index contributed by atoms with van der Waals surface area (Å²) in [4.78, 5) is 16.7. The van der Waals surface area contributed by atoms with Gasteiger partial charge in [-0.1, -0.05) is 0 Å². The minimum atomic E-state index is 0. The van der Waals surface area contributed by atoms with Crippen LogP contribution in [0.1, 0.15) is 26.7 Å². The third-order valence-corrected chi connectivity index (χ3v) is 4.33. The van der Waals surface area contributed by atoms with Crippen molar-refractivity contribution in [3.8, 4) is 0 Å². The number of nitrogens with one attached hydrogen (secondary N) is 1. The number of ether oxygens (including phenoxy) is 1. The minimum Gasteiger partial charge on any atom is -0.372 e. The van der Waals surface area contributed by atoms with E-state index in [1.165, 1.54) is 12.8 Å². The molecule has 21 heavy (non-hydrogen) atoms. The molecule has 2 aliphatic rings. The number of carbonyl (C=O) groups is 1. The van der Waals surface area contributed by atoms with E-state index in [1.54, 1.807) is 0 Å². The molecule has 0 radical (unpaired) electrons. The standard InChI is InChI=1S/C15H29N3O2.ClH/c1-12-9-18(10-13(2)20-12)15(19)11-17-6-4-14(5-7-17)8-16-3;/h12-14,16H,4-11H2,1-3H3;1H. The molecule has 5 nitrogen and oxygen atoms in total. The maximum Gasteiger partial charge on any atom is 0.236 e. The minimum absolute atomic E-state index is 0. The summed E-state index contributed by atoms with van der Waals surface area (Å²) in [6, 6.07) is 0. The summed E-state index contributed by atoms with van der Waals surface area (Å²) in [6.07, 6.45) is 2.71. The number of hydrogen-bond acceptors (Lipinski definition) is 4. The first-order chi connectivity index (χ1) is 9.58. The Hall–Kier alpha value is -0.360. The number of morpholine rings is 1. The lowest BCUT2D eigenvalue weighted by Crippen LogP contribution is -2.51. The number of piperidine rings is 1. The van der Waals surface area contributed by atoms with Crippen LogP contribution in [0.25, 0.3) is 0 Å². The van der Waals surface area contributed by atoms with E-state index in [1.807, 2.05) is 25.8 Å². The predicted octanol–water partition coefficient (Wildman–Crippen LogP) is 0.975. The second-order valence-corrected chi connectivity index (χ2v) is 6.33. The van der Waals surface area contributed by atoms with Gasteiger partial charge >= 0.3 is 0 Å². The molecule has 0 spiro atoms. The molecule has 6 heteroatoms. The van der Waals surface area contributed by atoms with Gasteiger partial charge in [-0.25, -0.2) is 0 Å². The van der Waals surface area contributed by atoms with Crippen molar-refractivity contribution in [1.82, 2.24) is 15.1 Å². The van der Waals surface area contributed by atoms with Crippen molar-refractivity contribution in [3.05, 3.63) is 0 Å². The van der Waals surface area contributed by atoms with Crippen molar-refractivity contribution in [1.29, 1.82) is 0 Å². The Labute approximate surface area is 134 Å². The molecule has 0 aromatic carbocycles. The van der Waals surface area contributed by atoms with Gasteiger partial charge in [-0.3, -0.25) is 9.69 Å². The molecule has 0 saturated carbocycles. The van der Waals surface area contributed by atoms with Gasteiger partial charge in [0.15, 0.2) is 0 Å². The average molecular weight is 320 g/mol. The zero-order valence-corrected chi connectivity index (χ0v) is 14.3. The maximum absolute atomic E-state index is 12.4. The number of hydrogen-bond donors (Lipinski definition) is 1. The zero-order valence-electron chi connectivity index (χ0n) is 13.5. The van der Waals surface area contributed by atoms with Crippen LogP contribution in [0.4, 0.5) is 0 Å². The molecule has 1 N–H and O–H groups in total. The molecule has 0 aliphatic carbocycles. The third-order valence-electron chi connectivity index (χ3n) is 4.33. The van der Waals surface area contributed by atoms with Gasteiger partial charge in [-0.05, 0) is 59.3 Å². The van der Waals surface area contributed by atoms with Crippen LogP contribution in [0.5, 0.6) is 0 Å². The van der Waals surface area contributed by atoms with Gasteiger partial charge in [0.25, 0.3) is 0 Å². The van der Waals surface area contributed by atoms with Gasteiger partial charge < -0.3 is 15.0 Å².